The second kappa shape index (κ2) is 6.14. The fourth-order valence-electron chi connectivity index (χ4n) is 1.52. The second-order valence-corrected chi connectivity index (χ2v) is 3.87. The van der Waals surface area contributed by atoms with E-state index in [9.17, 15) is 9.50 Å². The minimum atomic E-state index is -0.457. The Kier molecular flexibility index (Phi) is 4.28. The molecule has 0 unspecified atom stereocenters. The van der Waals surface area contributed by atoms with E-state index in [4.69, 9.17) is 4.84 Å². The van der Waals surface area contributed by atoms with Crippen LogP contribution in [0.4, 0.5) is 4.39 Å². The molecule has 0 bridgehead atoms. The van der Waals surface area contributed by atoms with Crippen LogP contribution in [0.1, 0.15) is 11.1 Å². The van der Waals surface area contributed by atoms with Gasteiger partial charge in [0, 0.05) is 18.2 Å². The van der Waals surface area contributed by atoms with Crippen molar-refractivity contribution < 1.29 is 14.3 Å². The average molecular weight is 247 g/mol. The first-order chi connectivity index (χ1) is 8.75. The van der Waals surface area contributed by atoms with Gasteiger partial charge in [0.1, 0.15) is 11.6 Å². The first kappa shape index (κ1) is 12.5. The van der Waals surface area contributed by atoms with Gasteiger partial charge in [-0.05, 0) is 11.6 Å². The third kappa shape index (κ3) is 3.55. The quantitative estimate of drug-likeness (QED) is 0.630. The van der Waals surface area contributed by atoms with Crippen molar-refractivity contribution in [2.45, 2.75) is 13.2 Å². The van der Waals surface area contributed by atoms with E-state index < -0.39 is 5.82 Å². The highest BCUT2D eigenvalue weighted by atomic mass is 19.1. The molecule has 2 aromatic rings. The molecule has 0 aliphatic heterocycles. The monoisotopic (exact) mass is 247 g/mol. The summed E-state index contributed by atoms with van der Waals surface area (Å²) in [5.74, 6) is -0.535. The number of rotatable bonds is 5. The van der Waals surface area contributed by atoms with Crippen molar-refractivity contribution in [3.05, 3.63) is 65.5 Å². The van der Waals surface area contributed by atoms with Crippen molar-refractivity contribution in [1.29, 1.82) is 0 Å². The van der Waals surface area contributed by atoms with Crippen LogP contribution in [-0.4, -0.2) is 5.11 Å². The van der Waals surface area contributed by atoms with Gasteiger partial charge in [0.15, 0.2) is 0 Å². The molecule has 2 N–H and O–H groups in total. The number of hydrogen-bond acceptors (Lipinski definition) is 3. The fraction of sp³-hybridized carbons (Fsp3) is 0.143. The lowest BCUT2D eigenvalue weighted by molar-refractivity contribution is 0.0231. The molecule has 0 saturated heterocycles. The Morgan fingerprint density at radius 1 is 1.11 bits per heavy atom. The van der Waals surface area contributed by atoms with Crippen molar-refractivity contribution in [1.82, 2.24) is 5.48 Å². The van der Waals surface area contributed by atoms with Gasteiger partial charge in [0.25, 0.3) is 0 Å². The average Bonchev–Trinajstić information content (AvgIpc) is 2.38. The van der Waals surface area contributed by atoms with Gasteiger partial charge >= 0.3 is 0 Å². The Hall–Kier alpha value is -1.91. The molecule has 2 aromatic carbocycles. The van der Waals surface area contributed by atoms with Gasteiger partial charge < -0.3 is 5.11 Å². The zero-order valence-electron chi connectivity index (χ0n) is 9.77. The van der Waals surface area contributed by atoms with E-state index >= 15 is 0 Å². The number of halogens is 1. The maximum absolute atomic E-state index is 12.7. The SMILES string of the molecule is Oc1cc(F)ccc1CNOCc1ccccc1. The molecule has 0 aliphatic carbocycles. The van der Waals surface area contributed by atoms with Gasteiger partial charge in [-0.15, -0.1) is 0 Å². The van der Waals surface area contributed by atoms with Crippen LogP contribution in [-0.2, 0) is 18.0 Å². The van der Waals surface area contributed by atoms with E-state index in [0.29, 0.717) is 18.7 Å². The van der Waals surface area contributed by atoms with E-state index in [1.54, 1.807) is 0 Å². The lowest BCUT2D eigenvalue weighted by Gasteiger charge is -2.07. The number of phenols is 1. The molecule has 0 spiro atoms. The highest BCUT2D eigenvalue weighted by molar-refractivity contribution is 5.32. The van der Waals surface area contributed by atoms with Crippen LogP contribution >= 0.6 is 0 Å². The standard InChI is InChI=1S/C14H14FNO2/c15-13-7-6-12(14(17)8-13)9-16-18-10-11-4-2-1-3-5-11/h1-8,16-17H,9-10H2. The number of benzene rings is 2. The summed E-state index contributed by atoms with van der Waals surface area (Å²) in [5, 5.41) is 9.47. The first-order valence-corrected chi connectivity index (χ1v) is 5.61. The minimum Gasteiger partial charge on any atom is -0.508 e. The zero-order valence-corrected chi connectivity index (χ0v) is 9.77. The van der Waals surface area contributed by atoms with Gasteiger partial charge in [-0.1, -0.05) is 36.4 Å². The summed E-state index contributed by atoms with van der Waals surface area (Å²) >= 11 is 0. The predicted octanol–water partition coefficient (Wildman–Crippen LogP) is 2.75. The van der Waals surface area contributed by atoms with Crippen molar-refractivity contribution in [3.8, 4) is 5.75 Å². The largest absolute Gasteiger partial charge is 0.508 e. The summed E-state index contributed by atoms with van der Waals surface area (Å²) < 4.78 is 12.7. The predicted molar refractivity (Wildman–Crippen MR) is 66.1 cm³/mol. The summed E-state index contributed by atoms with van der Waals surface area (Å²) in [6.07, 6.45) is 0. The maximum Gasteiger partial charge on any atom is 0.126 e. The Balaban J connectivity index is 1.79. The van der Waals surface area contributed by atoms with Crippen LogP contribution in [0.15, 0.2) is 48.5 Å². The molecule has 0 amide bonds. The molecule has 0 aliphatic rings. The first-order valence-electron chi connectivity index (χ1n) is 5.61. The molecule has 0 aromatic heterocycles. The van der Waals surface area contributed by atoms with Crippen molar-refractivity contribution in [3.63, 3.8) is 0 Å². The molecule has 18 heavy (non-hydrogen) atoms. The number of aromatic hydroxyl groups is 1. The van der Waals surface area contributed by atoms with Crippen LogP contribution in [0, 0.1) is 5.82 Å². The highest BCUT2D eigenvalue weighted by Crippen LogP contribution is 2.17. The topological polar surface area (TPSA) is 41.5 Å². The zero-order chi connectivity index (χ0) is 12.8. The minimum absolute atomic E-state index is 0.0780. The van der Waals surface area contributed by atoms with Gasteiger partial charge in [0.2, 0.25) is 0 Å². The fourth-order valence-corrected chi connectivity index (χ4v) is 1.52. The Bertz CT molecular complexity index is 502. The van der Waals surface area contributed by atoms with Crippen LogP contribution < -0.4 is 5.48 Å². The van der Waals surface area contributed by atoms with Crippen LogP contribution in [0.2, 0.25) is 0 Å². The number of nitrogens with one attached hydrogen (secondary N) is 1. The van der Waals surface area contributed by atoms with Gasteiger partial charge in [0.05, 0.1) is 6.61 Å². The van der Waals surface area contributed by atoms with E-state index in [0.717, 1.165) is 11.6 Å². The molecule has 4 heteroatoms. The molecule has 3 nitrogen and oxygen atoms in total. The molecule has 0 heterocycles. The number of hydroxylamine groups is 1. The Morgan fingerprint density at radius 3 is 2.61 bits per heavy atom. The van der Waals surface area contributed by atoms with Gasteiger partial charge in [-0.3, -0.25) is 4.84 Å². The molecule has 0 saturated carbocycles. The molecule has 0 radical (unpaired) electrons. The molecule has 0 fully saturated rings. The van der Waals surface area contributed by atoms with Crippen molar-refractivity contribution in [2.75, 3.05) is 0 Å². The lowest BCUT2D eigenvalue weighted by Crippen LogP contribution is -2.14. The van der Waals surface area contributed by atoms with E-state index in [1.807, 2.05) is 30.3 Å². The highest BCUT2D eigenvalue weighted by Gasteiger charge is 2.02. The van der Waals surface area contributed by atoms with E-state index in [2.05, 4.69) is 5.48 Å². The van der Waals surface area contributed by atoms with Gasteiger partial charge in [-0.2, -0.15) is 5.48 Å². The number of phenolic OH excluding ortho intramolecular Hbond substituents is 1. The molecule has 94 valence electrons. The summed E-state index contributed by atoms with van der Waals surface area (Å²) in [7, 11) is 0. The van der Waals surface area contributed by atoms with Crippen molar-refractivity contribution in [2.24, 2.45) is 0 Å². The maximum atomic E-state index is 12.7. The van der Waals surface area contributed by atoms with Gasteiger partial charge in [-0.25, -0.2) is 4.39 Å². The Labute approximate surface area is 105 Å². The summed E-state index contributed by atoms with van der Waals surface area (Å²) in [6.45, 7) is 0.752. The smallest absolute Gasteiger partial charge is 0.126 e. The third-order valence-corrected chi connectivity index (χ3v) is 2.49. The second-order valence-electron chi connectivity index (χ2n) is 3.87. The Morgan fingerprint density at radius 2 is 1.89 bits per heavy atom. The van der Waals surface area contributed by atoms with Crippen molar-refractivity contribution >= 4 is 0 Å². The molecular weight excluding hydrogens is 233 g/mol. The molecule has 0 atom stereocenters. The number of hydrogen-bond donors (Lipinski definition) is 2. The van der Waals surface area contributed by atoms with Crippen LogP contribution in [0.3, 0.4) is 0 Å². The van der Waals surface area contributed by atoms with Crippen LogP contribution in [0.5, 0.6) is 5.75 Å². The summed E-state index contributed by atoms with van der Waals surface area (Å²) in [5.41, 5.74) is 4.36. The van der Waals surface area contributed by atoms with Crippen LogP contribution in [0.25, 0.3) is 0 Å². The third-order valence-electron chi connectivity index (χ3n) is 2.49. The van der Waals surface area contributed by atoms with E-state index in [-0.39, 0.29) is 5.75 Å². The summed E-state index contributed by atoms with van der Waals surface area (Å²) in [4.78, 5) is 5.25. The molecular formula is C14H14FNO2. The summed E-state index contributed by atoms with van der Waals surface area (Å²) in [6, 6.07) is 13.6. The molecule has 2 rings (SSSR count). The lowest BCUT2D eigenvalue weighted by atomic mass is 10.2. The van der Waals surface area contributed by atoms with E-state index in [1.165, 1.54) is 12.1 Å². The normalized spacial score (nSPS) is 10.5.